The van der Waals surface area contributed by atoms with Gasteiger partial charge in [-0.05, 0) is 45.1 Å². The van der Waals surface area contributed by atoms with Gasteiger partial charge in [-0.1, -0.05) is 11.8 Å². The number of rotatable bonds is 8. The van der Waals surface area contributed by atoms with Crippen LogP contribution in [-0.4, -0.2) is 58.9 Å². The summed E-state index contributed by atoms with van der Waals surface area (Å²) in [5, 5.41) is 8.35. The summed E-state index contributed by atoms with van der Waals surface area (Å²) in [5.74, 6) is 1.11. The second-order valence-electron chi connectivity index (χ2n) is 8.18. The van der Waals surface area contributed by atoms with Gasteiger partial charge < -0.3 is 13.7 Å². The predicted molar refractivity (Wildman–Crippen MR) is 113 cm³/mol. The Bertz CT molecular complexity index is 1020. The minimum atomic E-state index is -2.92. The third-order valence-electron chi connectivity index (χ3n) is 5.85. The Labute approximate surface area is 180 Å². The van der Waals surface area contributed by atoms with Crippen LogP contribution in [0.15, 0.2) is 15.7 Å². The van der Waals surface area contributed by atoms with Gasteiger partial charge in [0.15, 0.2) is 15.6 Å². The minimum absolute atomic E-state index is 0.0216. The van der Waals surface area contributed by atoms with Crippen molar-refractivity contribution in [3.05, 3.63) is 28.9 Å². The molecule has 4 rings (SSSR count). The fraction of sp³-hybridized carbons (Fsp3) is 0.650. The predicted octanol–water partition coefficient (Wildman–Crippen LogP) is 2.62. The number of ether oxygens (including phenoxy) is 1. The average Bonchev–Trinajstić information content (AvgIpc) is 3.47. The van der Waals surface area contributed by atoms with Crippen LogP contribution in [0, 0.1) is 19.8 Å². The number of hydrogen-bond acceptors (Lipinski definition) is 8. The Hall–Kier alpha value is -1.65. The van der Waals surface area contributed by atoms with Crippen molar-refractivity contribution in [2.75, 3.05) is 23.9 Å². The standard InChI is InChI=1S/C20H27N3O5S2/c1-13-8-17(14(2)23(13)10-16-4-3-6-27-16)18(24)11-29-20-22-21-19(28-20)9-15-5-7-30(25,26)12-15/h8,15-16H,3-7,9-12H2,1-2H3/t15-,16-/m1/s1. The molecule has 2 fully saturated rings. The molecule has 0 aliphatic carbocycles. The van der Waals surface area contributed by atoms with Crippen LogP contribution in [-0.2, 0) is 27.5 Å². The highest BCUT2D eigenvalue weighted by Gasteiger charge is 2.29. The molecule has 2 saturated heterocycles. The van der Waals surface area contributed by atoms with E-state index in [1.807, 2.05) is 19.9 Å². The van der Waals surface area contributed by atoms with Crippen molar-refractivity contribution in [2.45, 2.75) is 57.4 Å². The number of aromatic nitrogens is 3. The van der Waals surface area contributed by atoms with Gasteiger partial charge in [0, 0.05) is 36.5 Å². The molecule has 0 unspecified atom stereocenters. The molecule has 0 saturated carbocycles. The van der Waals surface area contributed by atoms with Crippen molar-refractivity contribution >= 4 is 27.4 Å². The maximum absolute atomic E-state index is 12.8. The number of hydrogen-bond donors (Lipinski definition) is 0. The van der Waals surface area contributed by atoms with Gasteiger partial charge in [-0.3, -0.25) is 4.79 Å². The monoisotopic (exact) mass is 453 g/mol. The zero-order chi connectivity index (χ0) is 21.3. The van der Waals surface area contributed by atoms with Crippen LogP contribution in [0.25, 0.3) is 0 Å². The van der Waals surface area contributed by atoms with E-state index in [1.165, 1.54) is 11.8 Å². The van der Waals surface area contributed by atoms with Gasteiger partial charge in [-0.15, -0.1) is 10.2 Å². The first kappa shape index (κ1) is 21.6. The Morgan fingerprint density at radius 2 is 2.13 bits per heavy atom. The van der Waals surface area contributed by atoms with E-state index in [0.29, 0.717) is 29.5 Å². The van der Waals surface area contributed by atoms with Gasteiger partial charge in [0.1, 0.15) is 0 Å². The van der Waals surface area contributed by atoms with Gasteiger partial charge in [0.2, 0.25) is 5.89 Å². The summed E-state index contributed by atoms with van der Waals surface area (Å²) in [7, 11) is -2.92. The third kappa shape index (κ3) is 4.97. The largest absolute Gasteiger partial charge is 0.416 e. The number of sulfone groups is 1. The molecule has 0 aromatic carbocycles. The molecule has 2 atom stereocenters. The number of thioether (sulfide) groups is 1. The second kappa shape index (κ2) is 8.84. The first-order valence-electron chi connectivity index (χ1n) is 10.3. The normalized spacial score (nSPS) is 23.3. The number of nitrogens with zero attached hydrogens (tertiary/aromatic N) is 3. The molecule has 30 heavy (non-hydrogen) atoms. The number of aryl methyl sites for hydroxylation is 1. The highest BCUT2D eigenvalue weighted by atomic mass is 32.2. The van der Waals surface area contributed by atoms with Gasteiger partial charge in [-0.2, -0.15) is 0 Å². The molecule has 2 aromatic heterocycles. The molecular weight excluding hydrogens is 426 g/mol. The fourth-order valence-corrected chi connectivity index (χ4v) is 6.75. The van der Waals surface area contributed by atoms with Crippen LogP contribution in [0.3, 0.4) is 0 Å². The zero-order valence-electron chi connectivity index (χ0n) is 17.3. The van der Waals surface area contributed by atoms with E-state index in [1.54, 1.807) is 0 Å². The van der Waals surface area contributed by atoms with E-state index in [9.17, 15) is 13.2 Å². The number of Topliss-reactive ketones (excluding diaryl/α,β-unsaturated/α-hetero) is 1. The van der Waals surface area contributed by atoms with Crippen LogP contribution < -0.4 is 0 Å². The highest BCUT2D eigenvalue weighted by molar-refractivity contribution is 7.99. The lowest BCUT2D eigenvalue weighted by Gasteiger charge is -2.14. The summed E-state index contributed by atoms with van der Waals surface area (Å²) >= 11 is 1.22. The summed E-state index contributed by atoms with van der Waals surface area (Å²) in [4.78, 5) is 12.8. The van der Waals surface area contributed by atoms with Gasteiger partial charge in [-0.25, -0.2) is 8.42 Å². The summed E-state index contributed by atoms with van der Waals surface area (Å²) in [6.07, 6.45) is 3.47. The third-order valence-corrected chi connectivity index (χ3v) is 8.50. The molecule has 4 heterocycles. The SMILES string of the molecule is Cc1cc(C(=O)CSc2nnc(C[C@H]3CCS(=O)(=O)C3)o2)c(C)n1C[C@H]1CCCO1. The molecule has 10 heteroatoms. The Morgan fingerprint density at radius 1 is 1.30 bits per heavy atom. The molecule has 0 spiro atoms. The average molecular weight is 454 g/mol. The molecule has 164 valence electrons. The number of carbonyl (C=O) groups is 1. The smallest absolute Gasteiger partial charge is 0.277 e. The molecule has 0 N–H and O–H groups in total. The van der Waals surface area contributed by atoms with Crippen LogP contribution in [0.2, 0.25) is 0 Å². The van der Waals surface area contributed by atoms with Crippen molar-refractivity contribution in [1.82, 2.24) is 14.8 Å². The molecule has 0 radical (unpaired) electrons. The second-order valence-corrected chi connectivity index (χ2v) is 11.3. The van der Waals surface area contributed by atoms with E-state index in [2.05, 4.69) is 14.8 Å². The molecular formula is C20H27N3O5S2. The quantitative estimate of drug-likeness (QED) is 0.444. The van der Waals surface area contributed by atoms with Crippen molar-refractivity contribution in [1.29, 1.82) is 0 Å². The van der Waals surface area contributed by atoms with Crippen LogP contribution in [0.4, 0.5) is 0 Å². The van der Waals surface area contributed by atoms with Gasteiger partial charge in [0.25, 0.3) is 5.22 Å². The van der Waals surface area contributed by atoms with E-state index in [4.69, 9.17) is 9.15 Å². The summed E-state index contributed by atoms with van der Waals surface area (Å²) < 4.78 is 36.7. The Kier molecular flexibility index (Phi) is 6.36. The Morgan fingerprint density at radius 3 is 2.83 bits per heavy atom. The van der Waals surface area contributed by atoms with Gasteiger partial charge >= 0.3 is 0 Å². The first-order chi connectivity index (χ1) is 14.3. The molecule has 0 amide bonds. The van der Waals surface area contributed by atoms with E-state index < -0.39 is 9.84 Å². The first-order valence-corrected chi connectivity index (χ1v) is 13.1. The van der Waals surface area contributed by atoms with Crippen molar-refractivity contribution in [3.8, 4) is 0 Å². The van der Waals surface area contributed by atoms with Crippen molar-refractivity contribution < 1.29 is 22.4 Å². The van der Waals surface area contributed by atoms with Crippen molar-refractivity contribution in [3.63, 3.8) is 0 Å². The Balaban J connectivity index is 1.33. The van der Waals surface area contributed by atoms with E-state index in [-0.39, 0.29) is 35.1 Å². The lowest BCUT2D eigenvalue weighted by Crippen LogP contribution is -2.17. The lowest BCUT2D eigenvalue weighted by atomic mass is 10.1. The summed E-state index contributed by atoms with van der Waals surface area (Å²) in [6.45, 7) is 5.58. The zero-order valence-corrected chi connectivity index (χ0v) is 18.9. The van der Waals surface area contributed by atoms with Crippen LogP contribution >= 0.6 is 11.8 Å². The highest BCUT2D eigenvalue weighted by Crippen LogP contribution is 2.26. The lowest BCUT2D eigenvalue weighted by molar-refractivity contribution is 0.0957. The van der Waals surface area contributed by atoms with E-state index in [0.717, 1.165) is 37.4 Å². The topological polar surface area (TPSA) is 104 Å². The van der Waals surface area contributed by atoms with Crippen LogP contribution in [0.5, 0.6) is 0 Å². The summed E-state index contributed by atoms with van der Waals surface area (Å²) in [6, 6.07) is 1.94. The maximum Gasteiger partial charge on any atom is 0.277 e. The molecule has 0 bridgehead atoms. The van der Waals surface area contributed by atoms with Gasteiger partial charge in [0.05, 0.1) is 23.4 Å². The minimum Gasteiger partial charge on any atom is -0.416 e. The van der Waals surface area contributed by atoms with Crippen molar-refractivity contribution in [2.24, 2.45) is 5.92 Å². The number of carbonyl (C=O) groups excluding carboxylic acids is 1. The maximum atomic E-state index is 12.8. The van der Waals surface area contributed by atoms with E-state index >= 15 is 0 Å². The molecule has 8 nitrogen and oxygen atoms in total. The van der Waals surface area contributed by atoms with Crippen LogP contribution in [0.1, 0.15) is 46.9 Å². The molecule has 2 aliphatic heterocycles. The fourth-order valence-electron chi connectivity index (χ4n) is 4.22. The summed E-state index contributed by atoms with van der Waals surface area (Å²) in [5.41, 5.74) is 2.74. The number of ketones is 1. The molecule has 2 aliphatic rings. The molecule has 2 aromatic rings.